The number of nitrogens with two attached hydrogens (primary N) is 1. The van der Waals surface area contributed by atoms with Crippen LogP contribution in [0.3, 0.4) is 0 Å². The van der Waals surface area contributed by atoms with Gasteiger partial charge in [0.15, 0.2) is 5.82 Å². The van der Waals surface area contributed by atoms with E-state index in [1.54, 1.807) is 10.9 Å². The Morgan fingerprint density at radius 1 is 1.42 bits per heavy atom. The third-order valence-electron chi connectivity index (χ3n) is 2.86. The van der Waals surface area contributed by atoms with E-state index in [4.69, 9.17) is 5.73 Å². The molecule has 0 radical (unpaired) electrons. The third-order valence-corrected chi connectivity index (χ3v) is 3.73. The van der Waals surface area contributed by atoms with Gasteiger partial charge in [-0.3, -0.25) is 4.21 Å². The molecule has 0 fully saturated rings. The number of tetrazole rings is 1. The number of hydrogen-bond donors (Lipinski definition) is 1. The molecule has 2 aromatic rings. The lowest BCUT2D eigenvalue weighted by molar-refractivity contribution is 0.583. The van der Waals surface area contributed by atoms with E-state index >= 15 is 0 Å². The Kier molecular flexibility index (Phi) is 4.26. The molecule has 102 valence electrons. The number of aromatic nitrogens is 4. The number of hydrogen-bond acceptors (Lipinski definition) is 5. The number of aryl methyl sites for hydroxylation is 2. The molecule has 1 heterocycles. The molecule has 2 N–H and O–H groups in total. The molecule has 2 rings (SSSR count). The highest BCUT2D eigenvalue weighted by Crippen LogP contribution is 2.26. The van der Waals surface area contributed by atoms with Gasteiger partial charge in [0, 0.05) is 40.6 Å². The first-order valence-electron chi connectivity index (χ1n) is 6.01. The lowest BCUT2D eigenvalue weighted by Crippen LogP contribution is -2.08. The van der Waals surface area contributed by atoms with E-state index in [9.17, 15) is 4.21 Å². The van der Waals surface area contributed by atoms with Crippen LogP contribution in [0.4, 0.5) is 5.69 Å². The molecule has 0 aliphatic rings. The minimum absolute atomic E-state index is 0.635. The number of benzene rings is 1. The summed E-state index contributed by atoms with van der Waals surface area (Å²) in [7, 11) is -0.794. The van der Waals surface area contributed by atoms with E-state index in [0.29, 0.717) is 23.8 Å². The van der Waals surface area contributed by atoms with Crippen molar-refractivity contribution < 1.29 is 4.21 Å². The topological polar surface area (TPSA) is 86.7 Å². The maximum Gasteiger partial charge on any atom is 0.184 e. The second-order valence-corrected chi connectivity index (χ2v) is 5.95. The van der Waals surface area contributed by atoms with E-state index < -0.39 is 10.8 Å². The second-order valence-electron chi connectivity index (χ2n) is 4.40. The van der Waals surface area contributed by atoms with Gasteiger partial charge in [0.2, 0.25) is 0 Å². The fourth-order valence-electron chi connectivity index (χ4n) is 1.95. The van der Waals surface area contributed by atoms with Gasteiger partial charge in [0.25, 0.3) is 0 Å². The summed E-state index contributed by atoms with van der Waals surface area (Å²) >= 11 is 0. The summed E-state index contributed by atoms with van der Waals surface area (Å²) in [6, 6.07) is 5.72. The molecule has 1 aromatic heterocycles. The van der Waals surface area contributed by atoms with Crippen LogP contribution >= 0.6 is 0 Å². The van der Waals surface area contributed by atoms with Gasteiger partial charge in [-0.1, -0.05) is 12.1 Å². The Hall–Kier alpha value is -1.76. The highest BCUT2D eigenvalue weighted by molar-refractivity contribution is 7.84. The fourth-order valence-corrected chi connectivity index (χ4v) is 2.48. The van der Waals surface area contributed by atoms with Crippen LogP contribution in [-0.4, -0.2) is 36.4 Å². The molecule has 19 heavy (non-hydrogen) atoms. The van der Waals surface area contributed by atoms with Gasteiger partial charge >= 0.3 is 0 Å². The minimum atomic E-state index is -0.794. The molecular weight excluding hydrogens is 262 g/mol. The van der Waals surface area contributed by atoms with Gasteiger partial charge in [0.1, 0.15) is 0 Å². The molecule has 1 unspecified atom stereocenters. The van der Waals surface area contributed by atoms with Crippen molar-refractivity contribution in [2.75, 3.05) is 17.7 Å². The standard InChI is InChI=1S/C12H17N5OS/c1-9-5-3-6-10(13)11(9)12-14-15-16-17(12)7-4-8-19(2)18/h3,5-6H,4,7-8,13H2,1-2H3. The van der Waals surface area contributed by atoms with Gasteiger partial charge < -0.3 is 5.73 Å². The van der Waals surface area contributed by atoms with Gasteiger partial charge in [-0.25, -0.2) is 4.68 Å². The first-order chi connectivity index (χ1) is 9.09. The molecule has 0 spiro atoms. The molecule has 0 saturated carbocycles. The largest absolute Gasteiger partial charge is 0.398 e. The van der Waals surface area contributed by atoms with Crippen molar-refractivity contribution in [3.05, 3.63) is 23.8 Å². The Bertz CT molecular complexity index is 575. The van der Waals surface area contributed by atoms with Crippen molar-refractivity contribution in [1.82, 2.24) is 20.2 Å². The van der Waals surface area contributed by atoms with E-state index in [1.165, 1.54) is 0 Å². The number of nitrogens with zero attached hydrogens (tertiary/aromatic N) is 4. The van der Waals surface area contributed by atoms with E-state index in [0.717, 1.165) is 17.5 Å². The first kappa shape index (κ1) is 13.7. The van der Waals surface area contributed by atoms with Crippen LogP contribution in [0.2, 0.25) is 0 Å². The first-order valence-corrected chi connectivity index (χ1v) is 7.74. The summed E-state index contributed by atoms with van der Waals surface area (Å²) in [5.41, 5.74) is 8.57. The van der Waals surface area contributed by atoms with Crippen molar-refractivity contribution in [2.24, 2.45) is 0 Å². The maximum atomic E-state index is 11.1. The lowest BCUT2D eigenvalue weighted by Gasteiger charge is -2.09. The zero-order valence-corrected chi connectivity index (χ0v) is 11.9. The van der Waals surface area contributed by atoms with Gasteiger partial charge in [-0.15, -0.1) is 5.10 Å². The van der Waals surface area contributed by atoms with Crippen LogP contribution < -0.4 is 5.73 Å². The smallest absolute Gasteiger partial charge is 0.184 e. The Balaban J connectivity index is 2.26. The van der Waals surface area contributed by atoms with Crippen molar-refractivity contribution in [1.29, 1.82) is 0 Å². The number of rotatable bonds is 5. The highest BCUT2D eigenvalue weighted by atomic mass is 32.2. The molecular formula is C12H17N5OS. The molecule has 0 bridgehead atoms. The summed E-state index contributed by atoms with van der Waals surface area (Å²) in [5.74, 6) is 1.31. The summed E-state index contributed by atoms with van der Waals surface area (Å²) < 4.78 is 12.8. The predicted molar refractivity (Wildman–Crippen MR) is 76.0 cm³/mol. The zero-order valence-electron chi connectivity index (χ0n) is 11.0. The molecule has 0 aliphatic heterocycles. The third kappa shape index (κ3) is 3.17. The van der Waals surface area contributed by atoms with E-state index in [2.05, 4.69) is 15.5 Å². The SMILES string of the molecule is Cc1cccc(N)c1-c1nnnn1CCCS(C)=O. The molecule has 0 amide bonds. The van der Waals surface area contributed by atoms with Crippen LogP contribution in [0.25, 0.3) is 11.4 Å². The van der Waals surface area contributed by atoms with E-state index in [1.807, 2.05) is 25.1 Å². The molecule has 6 nitrogen and oxygen atoms in total. The maximum absolute atomic E-state index is 11.1. The Labute approximate surface area is 114 Å². The Morgan fingerprint density at radius 3 is 2.89 bits per heavy atom. The quantitative estimate of drug-likeness (QED) is 0.825. The predicted octanol–water partition coefficient (Wildman–Crippen LogP) is 0.999. The molecule has 0 aliphatic carbocycles. The normalized spacial score (nSPS) is 12.5. The van der Waals surface area contributed by atoms with Crippen molar-refractivity contribution >= 4 is 16.5 Å². The minimum Gasteiger partial charge on any atom is -0.398 e. The summed E-state index contributed by atoms with van der Waals surface area (Å²) in [5, 5.41) is 11.7. The highest BCUT2D eigenvalue weighted by Gasteiger charge is 2.14. The van der Waals surface area contributed by atoms with Crippen LogP contribution in [0.1, 0.15) is 12.0 Å². The van der Waals surface area contributed by atoms with Crippen LogP contribution in [0, 0.1) is 6.92 Å². The van der Waals surface area contributed by atoms with Crippen LogP contribution in [0.5, 0.6) is 0 Å². The monoisotopic (exact) mass is 279 g/mol. The van der Waals surface area contributed by atoms with Gasteiger partial charge in [-0.2, -0.15) is 0 Å². The van der Waals surface area contributed by atoms with Crippen LogP contribution in [0.15, 0.2) is 18.2 Å². The summed E-state index contributed by atoms with van der Waals surface area (Å²) in [4.78, 5) is 0. The van der Waals surface area contributed by atoms with E-state index in [-0.39, 0.29) is 0 Å². The second kappa shape index (κ2) is 5.92. The van der Waals surface area contributed by atoms with Gasteiger partial charge in [0.05, 0.1) is 0 Å². The van der Waals surface area contributed by atoms with Gasteiger partial charge in [-0.05, 0) is 35.4 Å². The average Bonchev–Trinajstić information content (AvgIpc) is 2.77. The molecule has 1 atom stereocenters. The van der Waals surface area contributed by atoms with Crippen molar-refractivity contribution in [2.45, 2.75) is 19.9 Å². The fraction of sp³-hybridized carbons (Fsp3) is 0.417. The number of anilines is 1. The van der Waals surface area contributed by atoms with Crippen molar-refractivity contribution in [3.8, 4) is 11.4 Å². The summed E-state index contributed by atoms with van der Waals surface area (Å²) in [6.45, 7) is 2.61. The number of nitrogen functional groups attached to an aromatic ring is 1. The molecule has 7 heteroatoms. The zero-order chi connectivity index (χ0) is 13.8. The summed E-state index contributed by atoms with van der Waals surface area (Å²) in [6.07, 6.45) is 2.47. The van der Waals surface area contributed by atoms with Crippen molar-refractivity contribution in [3.63, 3.8) is 0 Å². The van der Waals surface area contributed by atoms with Crippen LogP contribution in [-0.2, 0) is 17.3 Å². The molecule has 1 aromatic carbocycles. The lowest BCUT2D eigenvalue weighted by atomic mass is 10.1. The average molecular weight is 279 g/mol. The Morgan fingerprint density at radius 2 is 2.21 bits per heavy atom. The molecule has 0 saturated heterocycles.